The van der Waals surface area contributed by atoms with Gasteiger partial charge in [-0.3, -0.25) is 4.79 Å². The lowest BCUT2D eigenvalue weighted by molar-refractivity contribution is -0.114. The normalized spacial score (nSPS) is 14.7. The lowest BCUT2D eigenvalue weighted by Crippen LogP contribution is -2.41. The third-order valence-electron chi connectivity index (χ3n) is 6.66. The fraction of sp³-hybridized carbons (Fsp3) is 0.276. The summed E-state index contributed by atoms with van der Waals surface area (Å²) in [5, 5.41) is 11.3. The number of hydrogen-bond donors (Lipinski definition) is 2. The van der Waals surface area contributed by atoms with Crippen LogP contribution in [0, 0.1) is 0 Å². The molecule has 0 aromatic heterocycles. The zero-order valence-electron chi connectivity index (χ0n) is 23.6. The maximum Gasteiger partial charge on any atom is 0.337 e. The first-order chi connectivity index (χ1) is 19.5. The van der Waals surface area contributed by atoms with Crippen LogP contribution in [-0.2, 0) is 21.1 Å². The second-order valence-corrected chi connectivity index (χ2v) is 11.3. The van der Waals surface area contributed by atoms with E-state index in [0.717, 1.165) is 11.1 Å². The smallest absolute Gasteiger partial charge is 0.337 e. The Morgan fingerprint density at radius 1 is 0.902 bits per heavy atom. The summed E-state index contributed by atoms with van der Waals surface area (Å²) in [6.07, 6.45) is 0.497. The Bertz CT molecular complexity index is 1620. The number of nitrogens with zero attached hydrogens (tertiary/aromatic N) is 2. The Hall–Kier alpha value is -4.58. The number of carbonyl (C=O) groups excluding carboxylic acids is 2. The number of fused-ring (bicyclic) bond motifs is 1. The van der Waals surface area contributed by atoms with Crippen molar-refractivity contribution in [2.45, 2.75) is 36.1 Å². The fourth-order valence-electron chi connectivity index (χ4n) is 4.62. The van der Waals surface area contributed by atoms with Gasteiger partial charge in [-0.05, 0) is 61.4 Å². The molecule has 1 aliphatic rings. The number of anilines is 1. The zero-order chi connectivity index (χ0) is 29.9. The van der Waals surface area contributed by atoms with Gasteiger partial charge in [0.1, 0.15) is 5.75 Å². The van der Waals surface area contributed by atoms with E-state index in [9.17, 15) is 18.0 Å². The van der Waals surface area contributed by atoms with Crippen molar-refractivity contribution in [2.75, 3.05) is 33.7 Å². The van der Waals surface area contributed by atoms with E-state index >= 15 is 0 Å². The van der Waals surface area contributed by atoms with Crippen molar-refractivity contribution in [1.29, 1.82) is 0 Å². The first-order valence-electron chi connectivity index (χ1n) is 12.7. The van der Waals surface area contributed by atoms with Gasteiger partial charge in [0.2, 0.25) is 15.7 Å². The number of ether oxygens (including phenoxy) is 3. The van der Waals surface area contributed by atoms with Gasteiger partial charge in [0.15, 0.2) is 11.5 Å². The van der Waals surface area contributed by atoms with Gasteiger partial charge >= 0.3 is 6.03 Å². The summed E-state index contributed by atoms with van der Waals surface area (Å²) in [6, 6.07) is 13.5. The number of methoxy groups -OCH3 is 3. The van der Waals surface area contributed by atoms with Crippen LogP contribution in [0.25, 0.3) is 0 Å². The second kappa shape index (κ2) is 11.9. The average Bonchev–Trinajstić information content (AvgIpc) is 3.11. The minimum Gasteiger partial charge on any atom is -0.495 e. The fourth-order valence-corrected chi connectivity index (χ4v) is 5.91. The maximum atomic E-state index is 13.5. The molecule has 216 valence electrons. The van der Waals surface area contributed by atoms with E-state index in [2.05, 4.69) is 10.6 Å². The number of hydrazone groups is 1. The van der Waals surface area contributed by atoms with E-state index < -0.39 is 9.84 Å². The number of rotatable bonds is 7. The molecule has 11 nitrogen and oxygen atoms in total. The van der Waals surface area contributed by atoms with Gasteiger partial charge in [0, 0.05) is 25.1 Å². The Morgan fingerprint density at radius 2 is 1.51 bits per heavy atom. The molecule has 0 saturated heterocycles. The minimum absolute atomic E-state index is 0.0107. The predicted octanol–water partition coefficient (Wildman–Crippen LogP) is 3.84. The maximum absolute atomic E-state index is 13.5. The molecule has 4 rings (SSSR count). The summed E-state index contributed by atoms with van der Waals surface area (Å²) in [4.78, 5) is 24.4. The highest BCUT2D eigenvalue weighted by atomic mass is 32.2. The molecule has 0 fully saturated rings. The van der Waals surface area contributed by atoms with Crippen LogP contribution in [0.3, 0.4) is 0 Å². The van der Waals surface area contributed by atoms with E-state index in [-0.39, 0.29) is 33.5 Å². The van der Waals surface area contributed by atoms with Crippen LogP contribution in [0.2, 0.25) is 0 Å². The first kappa shape index (κ1) is 29.4. The molecule has 41 heavy (non-hydrogen) atoms. The third kappa shape index (κ3) is 5.82. The Labute approximate surface area is 239 Å². The minimum atomic E-state index is -3.95. The van der Waals surface area contributed by atoms with Gasteiger partial charge in [-0.2, -0.15) is 5.10 Å². The Kier molecular flexibility index (Phi) is 8.52. The zero-order valence-corrected chi connectivity index (χ0v) is 24.5. The van der Waals surface area contributed by atoms with E-state index in [1.54, 1.807) is 25.3 Å². The van der Waals surface area contributed by atoms with Crippen molar-refractivity contribution in [3.05, 3.63) is 71.3 Å². The molecule has 0 radical (unpaired) electrons. The highest BCUT2D eigenvalue weighted by Gasteiger charge is 2.29. The van der Waals surface area contributed by atoms with Crippen LogP contribution in [0.5, 0.6) is 17.2 Å². The SMILES string of the molecule is CNC(=O)N1N=C(c2ccc(S(=O)(=O)c3ccc(OC)c(NC(C)=O)c3)cc2)c2cc(OC)c(OC)cc2C[C@@H]1C. The van der Waals surface area contributed by atoms with E-state index in [1.165, 1.54) is 63.5 Å². The van der Waals surface area contributed by atoms with Gasteiger partial charge in [-0.1, -0.05) is 12.1 Å². The number of sulfone groups is 1. The molecule has 0 unspecified atom stereocenters. The van der Waals surface area contributed by atoms with Crippen LogP contribution in [0.1, 0.15) is 30.5 Å². The lowest BCUT2D eigenvalue weighted by Gasteiger charge is -2.22. The molecule has 0 saturated carbocycles. The monoisotopic (exact) mass is 580 g/mol. The summed E-state index contributed by atoms with van der Waals surface area (Å²) in [5.41, 5.74) is 2.92. The lowest BCUT2D eigenvalue weighted by atomic mass is 9.94. The second-order valence-electron chi connectivity index (χ2n) is 9.34. The van der Waals surface area contributed by atoms with Crippen molar-refractivity contribution >= 4 is 33.2 Å². The highest BCUT2D eigenvalue weighted by molar-refractivity contribution is 7.91. The Morgan fingerprint density at radius 3 is 2.10 bits per heavy atom. The third-order valence-corrected chi connectivity index (χ3v) is 8.42. The molecule has 0 bridgehead atoms. The molecule has 1 atom stereocenters. The van der Waals surface area contributed by atoms with Crippen molar-refractivity contribution < 1.29 is 32.2 Å². The quantitative estimate of drug-likeness (QED) is 0.433. The molecule has 1 heterocycles. The summed E-state index contributed by atoms with van der Waals surface area (Å²) < 4.78 is 43.3. The average molecular weight is 581 g/mol. The van der Waals surface area contributed by atoms with Gasteiger partial charge < -0.3 is 24.8 Å². The molecule has 0 spiro atoms. The topological polar surface area (TPSA) is 136 Å². The van der Waals surface area contributed by atoms with Crippen molar-refractivity contribution in [3.8, 4) is 17.2 Å². The molecular formula is C29H32N4O7S. The molecule has 0 aliphatic carbocycles. The summed E-state index contributed by atoms with van der Waals surface area (Å²) in [5.74, 6) is 1.02. The van der Waals surface area contributed by atoms with Crippen LogP contribution in [0.15, 0.2) is 69.5 Å². The molecule has 3 amide bonds. The summed E-state index contributed by atoms with van der Waals surface area (Å²) >= 11 is 0. The number of hydrogen-bond acceptors (Lipinski definition) is 8. The molecule has 12 heteroatoms. The van der Waals surface area contributed by atoms with Gasteiger partial charge in [-0.25, -0.2) is 18.2 Å². The van der Waals surface area contributed by atoms with Crippen molar-refractivity contribution in [1.82, 2.24) is 10.3 Å². The van der Waals surface area contributed by atoms with E-state index in [4.69, 9.17) is 19.3 Å². The van der Waals surface area contributed by atoms with Gasteiger partial charge in [-0.15, -0.1) is 0 Å². The molecule has 3 aromatic rings. The standard InChI is InChI=1S/C29H32N4O7S/c1-17-13-20-14-26(39-5)27(40-6)16-23(20)28(32-33(17)29(35)30-3)19-7-9-21(10-8-19)41(36,37)22-11-12-25(38-4)24(15-22)31-18(2)34/h7-12,14-17H,13H2,1-6H3,(H,30,35)(H,31,34)/t17-/m0/s1. The molecule has 1 aliphatic heterocycles. The number of urea groups is 1. The largest absolute Gasteiger partial charge is 0.495 e. The van der Waals surface area contributed by atoms with Crippen molar-refractivity contribution in [3.63, 3.8) is 0 Å². The highest BCUT2D eigenvalue weighted by Crippen LogP contribution is 2.35. The number of amides is 3. The predicted molar refractivity (Wildman–Crippen MR) is 154 cm³/mol. The van der Waals surface area contributed by atoms with E-state index in [1.807, 2.05) is 13.0 Å². The van der Waals surface area contributed by atoms with Crippen molar-refractivity contribution in [2.24, 2.45) is 5.10 Å². The van der Waals surface area contributed by atoms with Crippen LogP contribution in [-0.4, -0.2) is 65.5 Å². The van der Waals surface area contributed by atoms with E-state index in [0.29, 0.717) is 34.9 Å². The van der Waals surface area contributed by atoms with Gasteiger partial charge in [0.05, 0.1) is 48.6 Å². The molecule has 2 N–H and O–H groups in total. The summed E-state index contributed by atoms with van der Waals surface area (Å²) in [7, 11) is 2.10. The summed E-state index contributed by atoms with van der Waals surface area (Å²) in [6.45, 7) is 3.22. The molecule has 3 aromatic carbocycles. The molecular weight excluding hydrogens is 548 g/mol. The number of nitrogens with one attached hydrogen (secondary N) is 2. The first-order valence-corrected chi connectivity index (χ1v) is 14.2. The Balaban J connectivity index is 1.81. The van der Waals surface area contributed by atoms with Crippen LogP contribution < -0.4 is 24.8 Å². The van der Waals surface area contributed by atoms with Gasteiger partial charge in [0.25, 0.3) is 0 Å². The van der Waals surface area contributed by atoms with Crippen LogP contribution >= 0.6 is 0 Å². The van der Waals surface area contributed by atoms with Crippen LogP contribution in [0.4, 0.5) is 10.5 Å². The number of benzene rings is 3. The number of carbonyl (C=O) groups is 2.